The first-order valence-corrected chi connectivity index (χ1v) is 11.8. The van der Waals surface area contributed by atoms with E-state index >= 15 is 0 Å². The van der Waals surface area contributed by atoms with Crippen molar-refractivity contribution in [1.29, 1.82) is 0 Å². The zero-order chi connectivity index (χ0) is 23.7. The molecule has 0 radical (unpaired) electrons. The maximum absolute atomic E-state index is 12.9. The summed E-state index contributed by atoms with van der Waals surface area (Å²) in [5.74, 6) is -1.78. The zero-order valence-electron chi connectivity index (χ0n) is 18.7. The number of carboxylic acid groups (broad SMARTS) is 1. The second-order valence-electron chi connectivity index (χ2n) is 9.15. The van der Waals surface area contributed by atoms with Crippen LogP contribution in [0, 0.1) is 5.92 Å². The molecular formula is C26H28N2O6. The molecule has 2 aliphatic carbocycles. The SMILES string of the molecule is O=C(N[C@H]1CCC[C@H]1C(=O)NC1CCOC1C(=O)O)OCC1c2ccccc2-c2ccccc21. The van der Waals surface area contributed by atoms with Crippen LogP contribution >= 0.6 is 0 Å². The Labute approximate surface area is 197 Å². The lowest BCUT2D eigenvalue weighted by molar-refractivity contribution is -0.148. The monoisotopic (exact) mass is 464 g/mol. The van der Waals surface area contributed by atoms with Crippen LogP contribution in [0.3, 0.4) is 0 Å². The van der Waals surface area contributed by atoms with Crippen molar-refractivity contribution in [2.24, 2.45) is 5.92 Å². The third-order valence-electron chi connectivity index (χ3n) is 7.16. The lowest BCUT2D eigenvalue weighted by Gasteiger charge is -2.24. The number of fused-ring (bicyclic) bond motifs is 3. The second kappa shape index (κ2) is 9.46. The number of carbonyl (C=O) groups excluding carboxylic acids is 2. The smallest absolute Gasteiger partial charge is 0.407 e. The van der Waals surface area contributed by atoms with Crippen LogP contribution in [0.1, 0.15) is 42.7 Å². The molecule has 0 aromatic heterocycles. The van der Waals surface area contributed by atoms with Crippen molar-refractivity contribution in [3.8, 4) is 11.1 Å². The lowest BCUT2D eigenvalue weighted by Crippen LogP contribution is -2.50. The summed E-state index contributed by atoms with van der Waals surface area (Å²) in [6.07, 6.45) is 0.991. The number of rotatable bonds is 6. The first-order chi connectivity index (χ1) is 16.5. The third-order valence-corrected chi connectivity index (χ3v) is 7.16. The maximum atomic E-state index is 12.9. The molecular weight excluding hydrogens is 436 g/mol. The number of nitrogens with one attached hydrogen (secondary N) is 2. The summed E-state index contributed by atoms with van der Waals surface area (Å²) in [7, 11) is 0. The van der Waals surface area contributed by atoms with E-state index in [0.29, 0.717) is 25.9 Å². The minimum absolute atomic E-state index is 0.0313. The first-order valence-electron chi connectivity index (χ1n) is 11.8. The average molecular weight is 465 g/mol. The summed E-state index contributed by atoms with van der Waals surface area (Å²) < 4.78 is 10.8. The molecule has 2 aromatic rings. The number of benzene rings is 2. The maximum Gasteiger partial charge on any atom is 0.407 e. The van der Waals surface area contributed by atoms with Gasteiger partial charge < -0.3 is 25.2 Å². The van der Waals surface area contributed by atoms with Crippen molar-refractivity contribution >= 4 is 18.0 Å². The molecule has 1 saturated heterocycles. The van der Waals surface area contributed by atoms with Gasteiger partial charge in [-0.1, -0.05) is 55.0 Å². The van der Waals surface area contributed by atoms with E-state index in [1.54, 1.807) is 0 Å². The fraction of sp³-hybridized carbons (Fsp3) is 0.423. The first kappa shape index (κ1) is 22.4. The highest BCUT2D eigenvalue weighted by Crippen LogP contribution is 2.44. The van der Waals surface area contributed by atoms with Crippen molar-refractivity contribution in [2.45, 2.75) is 49.8 Å². The molecule has 4 atom stereocenters. The molecule has 2 amide bonds. The average Bonchev–Trinajstić information content (AvgIpc) is 3.55. The van der Waals surface area contributed by atoms with Gasteiger partial charge in [0.25, 0.3) is 0 Å². The Hall–Kier alpha value is -3.39. The summed E-state index contributed by atoms with van der Waals surface area (Å²) >= 11 is 0. The summed E-state index contributed by atoms with van der Waals surface area (Å²) in [6, 6.07) is 15.4. The molecule has 178 valence electrons. The highest BCUT2D eigenvalue weighted by atomic mass is 16.5. The van der Waals surface area contributed by atoms with E-state index in [1.807, 2.05) is 24.3 Å². The second-order valence-corrected chi connectivity index (χ2v) is 9.15. The van der Waals surface area contributed by atoms with Crippen molar-refractivity contribution in [1.82, 2.24) is 10.6 Å². The largest absolute Gasteiger partial charge is 0.479 e. The Morgan fingerprint density at radius 1 is 0.912 bits per heavy atom. The molecule has 2 unspecified atom stereocenters. The lowest BCUT2D eigenvalue weighted by atomic mass is 9.98. The number of ether oxygens (including phenoxy) is 2. The highest BCUT2D eigenvalue weighted by Gasteiger charge is 2.40. The van der Waals surface area contributed by atoms with Crippen LogP contribution < -0.4 is 10.6 Å². The van der Waals surface area contributed by atoms with E-state index in [9.17, 15) is 19.5 Å². The quantitative estimate of drug-likeness (QED) is 0.606. The molecule has 1 heterocycles. The number of aliphatic carboxylic acids is 1. The Balaban J connectivity index is 1.19. The molecule has 3 aliphatic rings. The predicted molar refractivity (Wildman–Crippen MR) is 123 cm³/mol. The Morgan fingerprint density at radius 2 is 1.59 bits per heavy atom. The summed E-state index contributed by atoms with van der Waals surface area (Å²) in [5.41, 5.74) is 4.60. The molecule has 0 bridgehead atoms. The fourth-order valence-electron chi connectivity index (χ4n) is 5.51. The summed E-state index contributed by atoms with van der Waals surface area (Å²) in [4.78, 5) is 36.8. The van der Waals surface area contributed by atoms with E-state index in [1.165, 1.54) is 0 Å². The van der Waals surface area contributed by atoms with Crippen LogP contribution in [-0.4, -0.2) is 54.5 Å². The van der Waals surface area contributed by atoms with Gasteiger partial charge >= 0.3 is 12.1 Å². The number of alkyl carbamates (subject to hydrolysis) is 1. The molecule has 1 aliphatic heterocycles. The third kappa shape index (κ3) is 4.25. The molecule has 0 spiro atoms. The van der Waals surface area contributed by atoms with Gasteiger partial charge in [-0.15, -0.1) is 0 Å². The molecule has 2 fully saturated rings. The number of hydrogen-bond donors (Lipinski definition) is 3. The van der Waals surface area contributed by atoms with Gasteiger partial charge in [-0.05, 0) is 41.5 Å². The van der Waals surface area contributed by atoms with Gasteiger partial charge in [0.15, 0.2) is 6.10 Å². The van der Waals surface area contributed by atoms with E-state index in [2.05, 4.69) is 34.9 Å². The molecule has 1 saturated carbocycles. The van der Waals surface area contributed by atoms with Crippen molar-refractivity contribution in [3.05, 3.63) is 59.7 Å². The highest BCUT2D eigenvalue weighted by molar-refractivity contribution is 5.83. The van der Waals surface area contributed by atoms with Crippen LogP contribution in [0.15, 0.2) is 48.5 Å². The molecule has 8 nitrogen and oxygen atoms in total. The zero-order valence-corrected chi connectivity index (χ0v) is 18.7. The van der Waals surface area contributed by atoms with E-state index in [4.69, 9.17) is 9.47 Å². The minimum Gasteiger partial charge on any atom is -0.479 e. The van der Waals surface area contributed by atoms with Gasteiger partial charge in [0.2, 0.25) is 5.91 Å². The van der Waals surface area contributed by atoms with Crippen molar-refractivity contribution < 1.29 is 29.0 Å². The van der Waals surface area contributed by atoms with Gasteiger partial charge in [0.05, 0.1) is 12.0 Å². The van der Waals surface area contributed by atoms with E-state index in [0.717, 1.165) is 28.7 Å². The Kier molecular flexibility index (Phi) is 6.24. The van der Waals surface area contributed by atoms with Gasteiger partial charge in [-0.2, -0.15) is 0 Å². The fourth-order valence-corrected chi connectivity index (χ4v) is 5.51. The number of carbonyl (C=O) groups is 3. The van der Waals surface area contributed by atoms with Gasteiger partial charge in [-0.25, -0.2) is 9.59 Å². The minimum atomic E-state index is -1.08. The van der Waals surface area contributed by atoms with Crippen LogP contribution in [0.25, 0.3) is 11.1 Å². The number of hydrogen-bond acceptors (Lipinski definition) is 5. The topological polar surface area (TPSA) is 114 Å². The summed E-state index contributed by atoms with van der Waals surface area (Å²) in [6.45, 7) is 0.511. The van der Waals surface area contributed by atoms with Crippen LogP contribution in [0.2, 0.25) is 0 Å². The Bertz CT molecular complexity index is 1060. The standard InChI is InChI=1S/C26H28N2O6/c29-24(27-22-12-13-33-23(22)25(30)31)19-10-5-11-21(19)28-26(32)34-14-20-17-8-3-1-6-15(17)16-7-2-4-9-18(16)20/h1-4,6-9,19-23H,5,10-14H2,(H,27,29)(H,28,32)(H,30,31)/t19-,21+,22?,23?/m1/s1. The van der Waals surface area contributed by atoms with Crippen molar-refractivity contribution in [2.75, 3.05) is 13.2 Å². The number of carboxylic acids is 1. The Morgan fingerprint density at radius 3 is 2.26 bits per heavy atom. The van der Waals surface area contributed by atoms with Gasteiger partial charge in [0, 0.05) is 18.6 Å². The van der Waals surface area contributed by atoms with Crippen LogP contribution in [-0.2, 0) is 19.1 Å². The number of amides is 2. The van der Waals surface area contributed by atoms with E-state index in [-0.39, 0.29) is 24.5 Å². The molecule has 3 N–H and O–H groups in total. The van der Waals surface area contributed by atoms with Crippen LogP contribution in [0.5, 0.6) is 0 Å². The molecule has 34 heavy (non-hydrogen) atoms. The molecule has 5 rings (SSSR count). The normalized spacial score (nSPS) is 25.4. The van der Waals surface area contributed by atoms with E-state index < -0.39 is 30.1 Å². The predicted octanol–water partition coefficient (Wildman–Crippen LogP) is 3.05. The van der Waals surface area contributed by atoms with Crippen molar-refractivity contribution in [3.63, 3.8) is 0 Å². The summed E-state index contributed by atoms with van der Waals surface area (Å²) in [5, 5.41) is 14.9. The van der Waals surface area contributed by atoms with Gasteiger partial charge in [0.1, 0.15) is 6.61 Å². The van der Waals surface area contributed by atoms with Gasteiger partial charge in [-0.3, -0.25) is 4.79 Å². The molecule has 2 aromatic carbocycles. The van der Waals surface area contributed by atoms with Crippen LogP contribution in [0.4, 0.5) is 4.79 Å². The molecule has 8 heteroatoms.